The quantitative estimate of drug-likeness (QED) is 0.780. The monoisotopic (exact) mass is 430 g/mol. The number of nitrogens with zero attached hydrogens (tertiary/aromatic N) is 3. The van der Waals surface area contributed by atoms with E-state index in [1.807, 2.05) is 6.07 Å². The number of nitriles is 1. The van der Waals surface area contributed by atoms with Crippen molar-refractivity contribution in [3.05, 3.63) is 22.5 Å². The van der Waals surface area contributed by atoms with Crippen molar-refractivity contribution < 1.29 is 9.21 Å². The van der Waals surface area contributed by atoms with E-state index in [1.54, 1.807) is 12.3 Å². The third-order valence-corrected chi connectivity index (χ3v) is 6.81. The molecule has 0 unspecified atom stereocenters. The predicted molar refractivity (Wildman–Crippen MR) is 106 cm³/mol. The Morgan fingerprint density at radius 2 is 2.11 bits per heavy atom. The van der Waals surface area contributed by atoms with Crippen LogP contribution in [0.1, 0.15) is 50.7 Å². The molecular weight excluding hydrogens is 408 g/mol. The summed E-state index contributed by atoms with van der Waals surface area (Å²) in [4.78, 5) is 18.8. The van der Waals surface area contributed by atoms with Crippen molar-refractivity contribution in [3.8, 4) is 6.07 Å². The number of aromatic nitrogens is 1. The number of ketones is 1. The second kappa shape index (κ2) is 7.61. The zero-order valence-corrected chi connectivity index (χ0v) is 17.0. The summed E-state index contributed by atoms with van der Waals surface area (Å²) in [6.45, 7) is 0. The number of Topliss-reactive ketones (excluding diaryl/α,β-unsaturated/α-hetero) is 1. The summed E-state index contributed by atoms with van der Waals surface area (Å²) in [5.74, 6) is 1.49. The Morgan fingerprint density at radius 3 is 2.78 bits per heavy atom. The van der Waals surface area contributed by atoms with Gasteiger partial charge in [0.1, 0.15) is 17.7 Å². The van der Waals surface area contributed by atoms with Gasteiger partial charge in [0, 0.05) is 30.0 Å². The molecule has 0 aromatic carbocycles. The van der Waals surface area contributed by atoms with Crippen LogP contribution in [0.3, 0.4) is 0 Å². The first-order chi connectivity index (χ1) is 13.1. The maximum Gasteiger partial charge on any atom is 0.204 e. The zero-order chi connectivity index (χ0) is 19.0. The van der Waals surface area contributed by atoms with Crippen molar-refractivity contribution in [3.63, 3.8) is 0 Å². The average Bonchev–Trinajstić information content (AvgIpc) is 3.30. The number of carbonyl (C=O) groups is 1. The molecule has 2 aliphatic carbocycles. The van der Waals surface area contributed by atoms with Gasteiger partial charge in [-0.05, 0) is 61.5 Å². The highest BCUT2D eigenvalue weighted by Crippen LogP contribution is 2.34. The lowest BCUT2D eigenvalue weighted by molar-refractivity contribution is -0.122. The molecule has 0 saturated heterocycles. The zero-order valence-electron chi connectivity index (χ0n) is 15.4. The van der Waals surface area contributed by atoms with Crippen LogP contribution in [0, 0.1) is 11.3 Å². The van der Waals surface area contributed by atoms with Crippen molar-refractivity contribution in [2.45, 2.75) is 63.1 Å². The molecular formula is C20H23BrN4O2. The molecule has 2 aromatic heterocycles. The Balaban J connectivity index is 1.39. The minimum Gasteiger partial charge on any atom is -0.444 e. The van der Waals surface area contributed by atoms with Crippen molar-refractivity contribution >= 4 is 38.5 Å². The molecule has 4 rings (SSSR count). The Labute approximate surface area is 167 Å². The number of hydrogen-bond donors (Lipinski definition) is 1. The van der Waals surface area contributed by atoms with Gasteiger partial charge in [0.25, 0.3) is 0 Å². The molecule has 0 spiro atoms. The minimum atomic E-state index is 0.133. The summed E-state index contributed by atoms with van der Waals surface area (Å²) in [5, 5.41) is 13.4. The lowest BCUT2D eigenvalue weighted by atomic mass is 9.89. The third kappa shape index (κ3) is 3.61. The molecule has 2 heterocycles. The fourth-order valence-corrected chi connectivity index (χ4v) is 4.97. The van der Waals surface area contributed by atoms with E-state index in [9.17, 15) is 4.79 Å². The number of anilines is 1. The number of rotatable bonds is 4. The van der Waals surface area contributed by atoms with Crippen LogP contribution in [-0.4, -0.2) is 40.8 Å². The summed E-state index contributed by atoms with van der Waals surface area (Å²) in [6.07, 6.45) is 8.73. The SMILES string of the molecule is CN(C1CCC(Nc2ncc3oc(C#N)cc3c2Br)CC1)[C@@H]1CCCC1=O. The standard InChI is InChI=1S/C20H23BrN4O2/c1-25(16-3-2-4-17(16)26)13-7-5-12(6-8-13)24-20-19(21)15-9-14(10-22)27-18(15)11-23-20/h9,11-13,16H,2-8H2,1H3,(H,23,24)/t12?,13?,16-/m1/s1. The Bertz CT molecular complexity index is 895. The molecule has 27 heavy (non-hydrogen) atoms. The first-order valence-electron chi connectivity index (χ1n) is 9.56. The fourth-order valence-electron chi connectivity index (χ4n) is 4.44. The van der Waals surface area contributed by atoms with E-state index in [0.29, 0.717) is 23.4 Å². The predicted octanol–water partition coefficient (Wildman–Crippen LogP) is 4.24. The van der Waals surface area contributed by atoms with E-state index in [-0.39, 0.29) is 11.8 Å². The van der Waals surface area contributed by atoms with Gasteiger partial charge in [-0.2, -0.15) is 5.26 Å². The Hall–Kier alpha value is -1.91. The second-order valence-corrected chi connectivity index (χ2v) is 8.40. The Morgan fingerprint density at radius 1 is 1.33 bits per heavy atom. The highest BCUT2D eigenvalue weighted by molar-refractivity contribution is 9.10. The number of fused-ring (bicyclic) bond motifs is 1. The van der Waals surface area contributed by atoms with Crippen LogP contribution in [0.4, 0.5) is 5.82 Å². The summed E-state index contributed by atoms with van der Waals surface area (Å²) < 4.78 is 6.26. The van der Waals surface area contributed by atoms with E-state index in [1.165, 1.54) is 0 Å². The number of halogens is 1. The van der Waals surface area contributed by atoms with Gasteiger partial charge in [0.15, 0.2) is 5.58 Å². The topological polar surface area (TPSA) is 82.2 Å². The maximum absolute atomic E-state index is 12.0. The second-order valence-electron chi connectivity index (χ2n) is 7.61. The van der Waals surface area contributed by atoms with Crippen LogP contribution in [0.15, 0.2) is 21.2 Å². The maximum atomic E-state index is 12.0. The van der Waals surface area contributed by atoms with E-state index in [0.717, 1.165) is 60.6 Å². The van der Waals surface area contributed by atoms with E-state index >= 15 is 0 Å². The number of pyridine rings is 1. The van der Waals surface area contributed by atoms with Crippen LogP contribution in [-0.2, 0) is 4.79 Å². The number of likely N-dealkylation sites (N-methyl/N-ethyl adjacent to an activating group) is 1. The normalized spacial score (nSPS) is 25.9. The molecule has 142 valence electrons. The molecule has 2 aliphatic rings. The van der Waals surface area contributed by atoms with Crippen LogP contribution >= 0.6 is 15.9 Å². The third-order valence-electron chi connectivity index (χ3n) is 6.00. The van der Waals surface area contributed by atoms with E-state index in [2.05, 4.69) is 38.2 Å². The average molecular weight is 431 g/mol. The largest absolute Gasteiger partial charge is 0.444 e. The van der Waals surface area contributed by atoms with Gasteiger partial charge < -0.3 is 9.73 Å². The van der Waals surface area contributed by atoms with Crippen LogP contribution in [0.25, 0.3) is 11.0 Å². The van der Waals surface area contributed by atoms with Crippen molar-refractivity contribution in [2.75, 3.05) is 12.4 Å². The molecule has 0 amide bonds. The highest BCUT2D eigenvalue weighted by atomic mass is 79.9. The van der Waals surface area contributed by atoms with Gasteiger partial charge in [-0.3, -0.25) is 9.69 Å². The van der Waals surface area contributed by atoms with Gasteiger partial charge in [0.2, 0.25) is 5.76 Å². The number of hydrogen-bond acceptors (Lipinski definition) is 6. The first kappa shape index (κ1) is 18.5. The molecule has 6 nitrogen and oxygen atoms in total. The van der Waals surface area contributed by atoms with Crippen molar-refractivity contribution in [2.24, 2.45) is 0 Å². The number of nitrogens with one attached hydrogen (secondary N) is 1. The van der Waals surface area contributed by atoms with E-state index in [4.69, 9.17) is 9.68 Å². The number of carbonyl (C=O) groups excluding carboxylic acids is 1. The fraction of sp³-hybridized carbons (Fsp3) is 0.550. The lowest BCUT2D eigenvalue weighted by Crippen LogP contribution is -2.45. The highest BCUT2D eigenvalue weighted by Gasteiger charge is 2.34. The minimum absolute atomic E-state index is 0.133. The van der Waals surface area contributed by atoms with Gasteiger partial charge in [0.05, 0.1) is 16.7 Å². The van der Waals surface area contributed by atoms with Crippen molar-refractivity contribution in [1.29, 1.82) is 5.26 Å². The number of furan rings is 1. The molecule has 2 fully saturated rings. The molecule has 7 heteroatoms. The summed E-state index contributed by atoms with van der Waals surface area (Å²) in [5.41, 5.74) is 0.607. The van der Waals surface area contributed by atoms with Crippen LogP contribution in [0.5, 0.6) is 0 Å². The molecule has 2 aromatic rings. The summed E-state index contributed by atoms with van der Waals surface area (Å²) >= 11 is 3.60. The molecule has 1 atom stereocenters. The molecule has 0 bridgehead atoms. The first-order valence-corrected chi connectivity index (χ1v) is 10.4. The van der Waals surface area contributed by atoms with Gasteiger partial charge in [-0.1, -0.05) is 0 Å². The van der Waals surface area contributed by atoms with Crippen molar-refractivity contribution in [1.82, 2.24) is 9.88 Å². The molecule has 2 saturated carbocycles. The van der Waals surface area contributed by atoms with Gasteiger partial charge in [-0.25, -0.2) is 4.98 Å². The van der Waals surface area contributed by atoms with E-state index < -0.39 is 0 Å². The van der Waals surface area contributed by atoms with Crippen LogP contribution < -0.4 is 5.32 Å². The van der Waals surface area contributed by atoms with Crippen LogP contribution in [0.2, 0.25) is 0 Å². The Kier molecular flexibility index (Phi) is 5.20. The summed E-state index contributed by atoms with van der Waals surface area (Å²) in [6, 6.07) is 4.73. The van der Waals surface area contributed by atoms with Gasteiger partial charge >= 0.3 is 0 Å². The molecule has 0 radical (unpaired) electrons. The summed E-state index contributed by atoms with van der Waals surface area (Å²) in [7, 11) is 2.12. The smallest absolute Gasteiger partial charge is 0.204 e. The molecule has 0 aliphatic heterocycles. The lowest BCUT2D eigenvalue weighted by Gasteiger charge is -2.37. The molecule has 1 N–H and O–H groups in total. The van der Waals surface area contributed by atoms with Gasteiger partial charge in [-0.15, -0.1) is 0 Å².